The molecule has 0 aliphatic carbocycles. The topological polar surface area (TPSA) is 62.4 Å². The summed E-state index contributed by atoms with van der Waals surface area (Å²) >= 11 is 0. The van der Waals surface area contributed by atoms with Gasteiger partial charge in [0.25, 0.3) is 0 Å². The Hall–Kier alpha value is -1.45. The third-order valence-electron chi connectivity index (χ3n) is 1.56. The SMILES string of the molecule is C=C1NC(N)=NC(NC)=C1C. The lowest BCUT2D eigenvalue weighted by atomic mass is 10.2. The molecule has 1 heterocycles. The quantitative estimate of drug-likeness (QED) is 0.490. The number of allylic oxidation sites excluding steroid dienone is 1. The van der Waals surface area contributed by atoms with Gasteiger partial charge in [-0.3, -0.25) is 0 Å². The van der Waals surface area contributed by atoms with Crippen LogP contribution in [-0.2, 0) is 0 Å². The molecule has 1 rings (SSSR count). The van der Waals surface area contributed by atoms with E-state index in [2.05, 4.69) is 22.2 Å². The highest BCUT2D eigenvalue weighted by atomic mass is 15.2. The van der Waals surface area contributed by atoms with Gasteiger partial charge in [0.15, 0.2) is 5.96 Å². The fourth-order valence-corrected chi connectivity index (χ4v) is 0.867. The Kier molecular flexibility index (Phi) is 1.85. The van der Waals surface area contributed by atoms with Crippen molar-refractivity contribution in [1.82, 2.24) is 10.6 Å². The van der Waals surface area contributed by atoms with Gasteiger partial charge in [-0.2, -0.15) is 4.99 Å². The molecule has 4 N–H and O–H groups in total. The summed E-state index contributed by atoms with van der Waals surface area (Å²) in [7, 11) is 1.80. The molecule has 0 aromatic heterocycles. The zero-order valence-electron chi connectivity index (χ0n) is 6.73. The van der Waals surface area contributed by atoms with Gasteiger partial charge in [0, 0.05) is 18.3 Å². The first kappa shape index (κ1) is 7.65. The van der Waals surface area contributed by atoms with E-state index in [4.69, 9.17) is 5.73 Å². The molecule has 0 atom stereocenters. The number of aliphatic imine (C=N–C) groups is 1. The van der Waals surface area contributed by atoms with E-state index in [1.165, 1.54) is 0 Å². The number of guanidine groups is 1. The van der Waals surface area contributed by atoms with Gasteiger partial charge >= 0.3 is 0 Å². The second-order valence-corrected chi connectivity index (χ2v) is 2.32. The molecule has 0 amide bonds. The molecule has 4 heteroatoms. The zero-order chi connectivity index (χ0) is 8.43. The zero-order valence-corrected chi connectivity index (χ0v) is 6.73. The first-order chi connectivity index (χ1) is 5.15. The van der Waals surface area contributed by atoms with Crippen LogP contribution < -0.4 is 16.4 Å². The van der Waals surface area contributed by atoms with Crippen molar-refractivity contribution in [2.75, 3.05) is 7.05 Å². The lowest BCUT2D eigenvalue weighted by Gasteiger charge is -2.17. The number of nitrogens with zero attached hydrogens (tertiary/aromatic N) is 1. The van der Waals surface area contributed by atoms with E-state index >= 15 is 0 Å². The number of nitrogens with one attached hydrogen (secondary N) is 2. The van der Waals surface area contributed by atoms with Gasteiger partial charge in [-0.15, -0.1) is 0 Å². The fourth-order valence-electron chi connectivity index (χ4n) is 0.867. The average molecular weight is 152 g/mol. The van der Waals surface area contributed by atoms with Gasteiger partial charge in [-0.05, 0) is 6.92 Å². The third-order valence-corrected chi connectivity index (χ3v) is 1.56. The van der Waals surface area contributed by atoms with Crippen LogP contribution >= 0.6 is 0 Å². The molecule has 1 aliphatic rings. The van der Waals surface area contributed by atoms with Gasteiger partial charge in [-0.1, -0.05) is 6.58 Å². The molecule has 60 valence electrons. The van der Waals surface area contributed by atoms with Crippen LogP contribution in [0.15, 0.2) is 28.7 Å². The molecule has 0 radical (unpaired) electrons. The van der Waals surface area contributed by atoms with Crippen LogP contribution in [-0.4, -0.2) is 13.0 Å². The van der Waals surface area contributed by atoms with Crippen LogP contribution in [0.2, 0.25) is 0 Å². The van der Waals surface area contributed by atoms with Crippen molar-refractivity contribution in [1.29, 1.82) is 0 Å². The maximum Gasteiger partial charge on any atom is 0.199 e. The average Bonchev–Trinajstić information content (AvgIpc) is 1.96. The van der Waals surface area contributed by atoms with E-state index in [-0.39, 0.29) is 0 Å². The van der Waals surface area contributed by atoms with Crippen molar-refractivity contribution < 1.29 is 0 Å². The molecular weight excluding hydrogens is 140 g/mol. The van der Waals surface area contributed by atoms with Crippen molar-refractivity contribution in [3.8, 4) is 0 Å². The van der Waals surface area contributed by atoms with Crippen LogP contribution in [0, 0.1) is 0 Å². The third kappa shape index (κ3) is 1.34. The van der Waals surface area contributed by atoms with Crippen molar-refractivity contribution in [3.63, 3.8) is 0 Å². The molecule has 0 saturated carbocycles. The largest absolute Gasteiger partial charge is 0.373 e. The molecule has 0 bridgehead atoms. The van der Waals surface area contributed by atoms with E-state index in [0.29, 0.717) is 5.96 Å². The molecule has 0 aromatic rings. The predicted octanol–water partition coefficient (Wildman–Crippen LogP) is -0.131. The summed E-state index contributed by atoms with van der Waals surface area (Å²) in [6.07, 6.45) is 0. The van der Waals surface area contributed by atoms with Gasteiger partial charge < -0.3 is 16.4 Å². The number of hydrogen-bond donors (Lipinski definition) is 3. The summed E-state index contributed by atoms with van der Waals surface area (Å²) in [4.78, 5) is 4.02. The van der Waals surface area contributed by atoms with E-state index < -0.39 is 0 Å². The summed E-state index contributed by atoms with van der Waals surface area (Å²) in [5.41, 5.74) is 7.24. The Morgan fingerprint density at radius 2 is 2.27 bits per heavy atom. The Bertz CT molecular complexity index is 249. The van der Waals surface area contributed by atoms with Crippen molar-refractivity contribution in [2.24, 2.45) is 10.7 Å². The highest BCUT2D eigenvalue weighted by molar-refractivity contribution is 5.83. The van der Waals surface area contributed by atoms with Crippen LogP contribution in [0.25, 0.3) is 0 Å². The van der Waals surface area contributed by atoms with Crippen molar-refractivity contribution in [2.45, 2.75) is 6.92 Å². The summed E-state index contributed by atoms with van der Waals surface area (Å²) < 4.78 is 0. The van der Waals surface area contributed by atoms with E-state index in [1.807, 2.05) is 6.92 Å². The lowest BCUT2D eigenvalue weighted by molar-refractivity contribution is 0.891. The second-order valence-electron chi connectivity index (χ2n) is 2.32. The molecule has 11 heavy (non-hydrogen) atoms. The minimum Gasteiger partial charge on any atom is -0.373 e. The summed E-state index contributed by atoms with van der Waals surface area (Å²) in [6.45, 7) is 5.70. The molecule has 0 saturated heterocycles. The number of hydrogen-bond acceptors (Lipinski definition) is 4. The molecule has 0 fully saturated rings. The van der Waals surface area contributed by atoms with Gasteiger partial charge in [-0.25, -0.2) is 0 Å². The fraction of sp³-hybridized carbons (Fsp3) is 0.286. The highest BCUT2D eigenvalue weighted by Crippen LogP contribution is 2.12. The highest BCUT2D eigenvalue weighted by Gasteiger charge is 2.10. The van der Waals surface area contributed by atoms with Gasteiger partial charge in [0.05, 0.1) is 0 Å². The first-order valence-electron chi connectivity index (χ1n) is 3.34. The molecule has 1 aliphatic heterocycles. The van der Waals surface area contributed by atoms with Crippen LogP contribution in [0.3, 0.4) is 0 Å². The number of nitrogens with two attached hydrogens (primary N) is 1. The maximum absolute atomic E-state index is 5.46. The van der Waals surface area contributed by atoms with Crippen LogP contribution in [0.5, 0.6) is 0 Å². The lowest BCUT2D eigenvalue weighted by Crippen LogP contribution is -2.35. The van der Waals surface area contributed by atoms with Crippen LogP contribution in [0.4, 0.5) is 0 Å². The summed E-state index contributed by atoms with van der Waals surface area (Å²) in [5.74, 6) is 1.15. The minimum atomic E-state index is 0.380. The Balaban J connectivity index is 3.02. The van der Waals surface area contributed by atoms with Crippen molar-refractivity contribution in [3.05, 3.63) is 23.7 Å². The Morgan fingerprint density at radius 3 is 2.82 bits per heavy atom. The summed E-state index contributed by atoms with van der Waals surface area (Å²) in [6, 6.07) is 0. The first-order valence-corrected chi connectivity index (χ1v) is 3.34. The van der Waals surface area contributed by atoms with Gasteiger partial charge in [0.2, 0.25) is 0 Å². The Morgan fingerprint density at radius 1 is 1.64 bits per heavy atom. The standard InChI is InChI=1S/C7H12N4/c1-4-5(2)10-7(8)11-6(4)9-3/h9H,2H2,1,3H3,(H3,8,10,11). The van der Waals surface area contributed by atoms with Crippen molar-refractivity contribution >= 4 is 5.96 Å². The normalized spacial score (nSPS) is 17.6. The molecular formula is C7H12N4. The molecule has 0 aromatic carbocycles. The molecule has 0 spiro atoms. The van der Waals surface area contributed by atoms with Gasteiger partial charge in [0.1, 0.15) is 5.82 Å². The van der Waals surface area contributed by atoms with Crippen LogP contribution in [0.1, 0.15) is 6.92 Å². The number of rotatable bonds is 1. The van der Waals surface area contributed by atoms with E-state index in [0.717, 1.165) is 17.1 Å². The monoisotopic (exact) mass is 152 g/mol. The van der Waals surface area contributed by atoms with E-state index in [9.17, 15) is 0 Å². The second kappa shape index (κ2) is 2.65. The summed E-state index contributed by atoms with van der Waals surface area (Å²) in [5, 5.41) is 5.75. The minimum absolute atomic E-state index is 0.380. The molecule has 0 unspecified atom stereocenters. The maximum atomic E-state index is 5.46. The Labute approximate surface area is 65.9 Å². The van der Waals surface area contributed by atoms with E-state index in [1.54, 1.807) is 7.05 Å². The predicted molar refractivity (Wildman–Crippen MR) is 45.7 cm³/mol. The smallest absolute Gasteiger partial charge is 0.199 e. The molecule has 4 nitrogen and oxygen atoms in total.